The predicted octanol–water partition coefficient (Wildman–Crippen LogP) is 5.39. The van der Waals surface area contributed by atoms with Crippen LogP contribution in [0.4, 0.5) is 10.2 Å². The smallest absolute Gasteiger partial charge is 0.335 e. The number of imidazole rings is 1. The van der Waals surface area contributed by atoms with Crippen molar-refractivity contribution in [3.63, 3.8) is 0 Å². The molecule has 234 valence electrons. The first kappa shape index (κ1) is 30.5. The topological polar surface area (TPSA) is 117 Å². The number of anilines is 1. The van der Waals surface area contributed by atoms with Crippen molar-refractivity contribution in [2.45, 2.75) is 64.4 Å². The van der Waals surface area contributed by atoms with Crippen molar-refractivity contribution in [2.24, 2.45) is 0 Å². The number of carboxylic acids is 1. The molecule has 1 saturated carbocycles. The van der Waals surface area contributed by atoms with Crippen molar-refractivity contribution < 1.29 is 23.8 Å². The fraction of sp³-hybridized carbons (Fsp3) is 0.412. The molecule has 0 bridgehead atoms. The first-order valence-electron chi connectivity index (χ1n) is 15.5. The lowest BCUT2D eigenvalue weighted by molar-refractivity contribution is 0.0615. The van der Waals surface area contributed by atoms with E-state index < -0.39 is 11.8 Å². The third-order valence-electron chi connectivity index (χ3n) is 8.78. The number of nitriles is 1. The van der Waals surface area contributed by atoms with Gasteiger partial charge in [-0.25, -0.2) is 14.2 Å². The number of pyridine rings is 1. The van der Waals surface area contributed by atoms with Gasteiger partial charge in [0, 0.05) is 50.0 Å². The number of halogens is 1. The van der Waals surface area contributed by atoms with Gasteiger partial charge in [0.1, 0.15) is 24.1 Å². The quantitative estimate of drug-likeness (QED) is 0.198. The monoisotopic (exact) mass is 612 g/mol. The molecule has 6 rings (SSSR count). The van der Waals surface area contributed by atoms with Gasteiger partial charge in [0.15, 0.2) is 0 Å². The summed E-state index contributed by atoms with van der Waals surface area (Å²) in [7, 11) is 0. The minimum Gasteiger partial charge on any atom is -0.478 e. The summed E-state index contributed by atoms with van der Waals surface area (Å²) < 4.78 is 28.2. The van der Waals surface area contributed by atoms with Gasteiger partial charge in [-0.1, -0.05) is 25.5 Å². The minimum atomic E-state index is -0.955. The van der Waals surface area contributed by atoms with E-state index in [0.29, 0.717) is 49.8 Å². The number of ether oxygens (including phenoxy) is 2. The number of hydrogen-bond acceptors (Lipinski definition) is 8. The second-order valence-corrected chi connectivity index (χ2v) is 11.6. The maximum Gasteiger partial charge on any atom is 0.335 e. The number of carbonyl (C=O) groups is 1. The van der Waals surface area contributed by atoms with E-state index in [9.17, 15) is 14.3 Å². The van der Waals surface area contributed by atoms with Crippen molar-refractivity contribution in [3.05, 3.63) is 82.9 Å². The van der Waals surface area contributed by atoms with Crippen LogP contribution in [0.1, 0.15) is 59.9 Å². The van der Waals surface area contributed by atoms with Gasteiger partial charge in [-0.3, -0.25) is 4.90 Å². The summed E-state index contributed by atoms with van der Waals surface area (Å²) in [4.78, 5) is 26.2. The molecular formula is C34H37FN6O4. The van der Waals surface area contributed by atoms with Gasteiger partial charge in [0.2, 0.25) is 5.88 Å². The van der Waals surface area contributed by atoms with Gasteiger partial charge in [-0.05, 0) is 55.7 Å². The Kier molecular flexibility index (Phi) is 9.23. The van der Waals surface area contributed by atoms with E-state index in [1.807, 2.05) is 18.2 Å². The molecule has 0 unspecified atom stereocenters. The molecule has 1 aliphatic carbocycles. The van der Waals surface area contributed by atoms with E-state index >= 15 is 0 Å². The number of nitrogens with zero attached hydrogens (tertiary/aromatic N) is 6. The van der Waals surface area contributed by atoms with E-state index in [4.69, 9.17) is 24.7 Å². The summed E-state index contributed by atoms with van der Waals surface area (Å²) in [6.45, 7) is 6.27. The summed E-state index contributed by atoms with van der Waals surface area (Å²) >= 11 is 0. The highest BCUT2D eigenvalue weighted by Gasteiger charge is 2.43. The number of aromatic carboxylic acids is 1. The first-order chi connectivity index (χ1) is 21.9. The zero-order valence-electron chi connectivity index (χ0n) is 25.4. The average Bonchev–Trinajstić information content (AvgIpc) is 3.37. The summed E-state index contributed by atoms with van der Waals surface area (Å²) in [6.07, 6.45) is 4.20. The van der Waals surface area contributed by atoms with E-state index in [-0.39, 0.29) is 17.7 Å². The third-order valence-corrected chi connectivity index (χ3v) is 8.78. The average molecular weight is 613 g/mol. The number of rotatable bonds is 13. The minimum absolute atomic E-state index is 0.0203. The number of hydrogen-bond donors (Lipinski definition) is 1. The predicted molar refractivity (Wildman–Crippen MR) is 167 cm³/mol. The summed E-state index contributed by atoms with van der Waals surface area (Å²) in [5, 5.41) is 18.6. The van der Waals surface area contributed by atoms with Crippen molar-refractivity contribution in [2.75, 3.05) is 31.2 Å². The Morgan fingerprint density at radius 3 is 2.71 bits per heavy atom. The lowest BCUT2D eigenvalue weighted by Gasteiger charge is -2.54. The van der Waals surface area contributed by atoms with Crippen LogP contribution in [0.15, 0.2) is 54.6 Å². The van der Waals surface area contributed by atoms with Gasteiger partial charge >= 0.3 is 5.97 Å². The molecule has 0 spiro atoms. The highest BCUT2D eigenvalue weighted by atomic mass is 19.1. The molecule has 3 heterocycles. The van der Waals surface area contributed by atoms with Gasteiger partial charge in [0.25, 0.3) is 0 Å². The van der Waals surface area contributed by atoms with Crippen LogP contribution in [0.25, 0.3) is 11.0 Å². The highest BCUT2D eigenvalue weighted by Crippen LogP contribution is 2.37. The van der Waals surface area contributed by atoms with Crippen LogP contribution in [0.3, 0.4) is 0 Å². The summed E-state index contributed by atoms with van der Waals surface area (Å²) in [5.74, 6) is 0.737. The normalized spacial score (nSPS) is 17.9. The van der Waals surface area contributed by atoms with Crippen LogP contribution in [-0.2, 0) is 24.4 Å². The van der Waals surface area contributed by atoms with E-state index in [1.165, 1.54) is 6.07 Å². The maximum absolute atomic E-state index is 14.3. The van der Waals surface area contributed by atoms with Crippen molar-refractivity contribution in [3.8, 4) is 11.9 Å². The second-order valence-electron chi connectivity index (χ2n) is 11.6. The Morgan fingerprint density at radius 2 is 1.96 bits per heavy atom. The van der Waals surface area contributed by atoms with Gasteiger partial charge < -0.3 is 24.0 Å². The van der Waals surface area contributed by atoms with Crippen LogP contribution in [0.2, 0.25) is 0 Å². The van der Waals surface area contributed by atoms with Crippen LogP contribution in [0.5, 0.6) is 5.88 Å². The van der Waals surface area contributed by atoms with Crippen molar-refractivity contribution in [1.29, 1.82) is 5.26 Å². The standard InChI is InChI=1S/C34H37FN6O4/c1-2-3-16-44-17-15-41-30-19-24(34(42)43)9-10-27(30)37-32(41)21-39-13-14-40(29-12-11-28(29)39)31-5-4-6-33(38-31)45-22-25-8-7-23(20-36)18-26(25)35/h4-10,18-19,28-29H,2-3,11-17,21-22H2,1H3,(H,42,43)/t28-,29+/m0/s1. The molecule has 45 heavy (non-hydrogen) atoms. The number of benzene rings is 2. The molecule has 2 aromatic heterocycles. The fourth-order valence-electron chi connectivity index (χ4n) is 6.19. The van der Waals surface area contributed by atoms with Crippen LogP contribution in [-0.4, -0.2) is 68.9 Å². The lowest BCUT2D eigenvalue weighted by Crippen LogP contribution is -2.64. The first-order valence-corrected chi connectivity index (χ1v) is 15.5. The molecule has 2 atom stereocenters. The molecule has 2 aromatic carbocycles. The molecule has 1 saturated heterocycles. The zero-order chi connectivity index (χ0) is 31.3. The van der Waals surface area contributed by atoms with Crippen LogP contribution >= 0.6 is 0 Å². The molecule has 2 fully saturated rings. The Balaban J connectivity index is 1.15. The number of fused-ring (bicyclic) bond motifs is 2. The van der Waals surface area contributed by atoms with E-state index in [2.05, 4.69) is 21.3 Å². The molecule has 0 radical (unpaired) electrons. The van der Waals surface area contributed by atoms with Gasteiger partial charge in [-0.2, -0.15) is 10.2 Å². The Labute approximate surface area is 261 Å². The maximum atomic E-state index is 14.3. The Morgan fingerprint density at radius 1 is 1.09 bits per heavy atom. The Hall–Kier alpha value is -4.53. The molecule has 11 heteroatoms. The molecule has 1 N–H and O–H groups in total. The molecule has 4 aromatic rings. The number of piperazine rings is 1. The molecular weight excluding hydrogens is 575 g/mol. The molecule has 0 amide bonds. The highest BCUT2D eigenvalue weighted by molar-refractivity contribution is 5.92. The third kappa shape index (κ3) is 6.62. The van der Waals surface area contributed by atoms with E-state index in [0.717, 1.165) is 61.4 Å². The fourth-order valence-corrected chi connectivity index (χ4v) is 6.19. The van der Waals surface area contributed by atoms with E-state index in [1.54, 1.807) is 36.4 Å². The van der Waals surface area contributed by atoms with Gasteiger partial charge in [-0.15, -0.1) is 0 Å². The molecule has 10 nitrogen and oxygen atoms in total. The van der Waals surface area contributed by atoms with Crippen molar-refractivity contribution >= 4 is 22.8 Å². The lowest BCUT2D eigenvalue weighted by atomic mass is 9.81. The Bertz CT molecular complexity index is 1720. The summed E-state index contributed by atoms with van der Waals surface area (Å²) in [6, 6.07) is 17.7. The summed E-state index contributed by atoms with van der Waals surface area (Å²) in [5.41, 5.74) is 2.48. The number of aromatic nitrogens is 3. The number of unbranched alkanes of at least 4 members (excludes halogenated alkanes) is 1. The largest absolute Gasteiger partial charge is 0.478 e. The van der Waals surface area contributed by atoms with Crippen molar-refractivity contribution in [1.82, 2.24) is 19.4 Å². The van der Waals surface area contributed by atoms with Crippen LogP contribution < -0.4 is 9.64 Å². The van der Waals surface area contributed by atoms with Crippen LogP contribution in [0, 0.1) is 17.1 Å². The SMILES string of the molecule is CCCCOCCn1c(CN2CCN(c3cccc(OCc4ccc(C#N)cc4F)n3)[C@@H]3CC[C@@H]32)nc2ccc(C(=O)O)cc21. The number of carboxylic acid groups (broad SMARTS) is 1. The molecule has 2 aliphatic rings. The molecule has 1 aliphatic heterocycles. The van der Waals surface area contributed by atoms with Gasteiger partial charge in [0.05, 0.1) is 41.4 Å². The zero-order valence-corrected chi connectivity index (χ0v) is 25.4. The second kappa shape index (κ2) is 13.6.